The van der Waals surface area contributed by atoms with Crippen LogP contribution in [0.15, 0.2) is 71.2 Å². The first-order chi connectivity index (χ1) is 16.5. The van der Waals surface area contributed by atoms with Crippen LogP contribution in [0.3, 0.4) is 0 Å². The number of hydrogen-bond donors (Lipinski definition) is 2. The van der Waals surface area contributed by atoms with Crippen molar-refractivity contribution in [1.29, 1.82) is 0 Å². The van der Waals surface area contributed by atoms with E-state index in [1.807, 2.05) is 54.3 Å². The molecule has 7 nitrogen and oxygen atoms in total. The van der Waals surface area contributed by atoms with Crippen molar-refractivity contribution in [2.45, 2.75) is 25.0 Å². The van der Waals surface area contributed by atoms with E-state index in [2.05, 4.69) is 26.9 Å². The maximum Gasteiger partial charge on any atom is 0.253 e. The molecule has 34 heavy (non-hydrogen) atoms. The summed E-state index contributed by atoms with van der Waals surface area (Å²) in [6.45, 7) is 2.44. The van der Waals surface area contributed by atoms with Crippen molar-refractivity contribution >= 4 is 40.6 Å². The molecular weight excluding hydrogens is 466 g/mol. The minimum atomic E-state index is -0.240. The molecule has 0 spiro atoms. The lowest BCUT2D eigenvalue weighted by atomic mass is 10.1. The van der Waals surface area contributed by atoms with Crippen LogP contribution in [0.5, 0.6) is 0 Å². The maximum atomic E-state index is 12.8. The lowest BCUT2D eigenvalue weighted by molar-refractivity contribution is -0.113. The molecule has 0 aliphatic carbocycles. The van der Waals surface area contributed by atoms with Gasteiger partial charge in [0.05, 0.1) is 17.0 Å². The van der Waals surface area contributed by atoms with Crippen LogP contribution in [-0.2, 0) is 24.8 Å². The number of para-hydroxylation sites is 1. The van der Waals surface area contributed by atoms with Crippen molar-refractivity contribution in [3.63, 3.8) is 0 Å². The SMILES string of the molecule is Cc1ccc(CNC(=O)c2ccccc2NC(=O)CSc2nnc(Cc3cccs3)n2C)cc1. The first kappa shape index (κ1) is 23.7. The normalized spacial score (nSPS) is 10.8. The van der Waals surface area contributed by atoms with Crippen molar-refractivity contribution in [1.82, 2.24) is 20.1 Å². The Kier molecular flexibility index (Phi) is 7.76. The number of aromatic nitrogens is 3. The average Bonchev–Trinajstić information content (AvgIpc) is 3.48. The van der Waals surface area contributed by atoms with E-state index in [0.29, 0.717) is 29.4 Å². The fourth-order valence-corrected chi connectivity index (χ4v) is 4.72. The summed E-state index contributed by atoms with van der Waals surface area (Å²) in [5, 5.41) is 16.9. The van der Waals surface area contributed by atoms with Gasteiger partial charge in [-0.2, -0.15) is 0 Å². The number of thioether (sulfide) groups is 1. The van der Waals surface area contributed by atoms with Crippen LogP contribution in [0.4, 0.5) is 5.69 Å². The van der Waals surface area contributed by atoms with Gasteiger partial charge in [-0.3, -0.25) is 9.59 Å². The van der Waals surface area contributed by atoms with Crippen LogP contribution >= 0.6 is 23.1 Å². The number of rotatable bonds is 9. The van der Waals surface area contributed by atoms with Gasteiger partial charge in [0.1, 0.15) is 5.82 Å². The van der Waals surface area contributed by atoms with Gasteiger partial charge in [-0.15, -0.1) is 21.5 Å². The predicted molar refractivity (Wildman–Crippen MR) is 136 cm³/mol. The molecule has 0 aliphatic heterocycles. The monoisotopic (exact) mass is 491 g/mol. The molecule has 0 saturated heterocycles. The third-order valence-corrected chi connectivity index (χ3v) is 7.09. The zero-order valence-electron chi connectivity index (χ0n) is 18.9. The molecule has 0 atom stereocenters. The highest BCUT2D eigenvalue weighted by Crippen LogP contribution is 2.20. The highest BCUT2D eigenvalue weighted by Gasteiger charge is 2.15. The predicted octanol–water partition coefficient (Wildman–Crippen LogP) is 4.44. The molecule has 2 aromatic carbocycles. The third-order valence-electron chi connectivity index (χ3n) is 5.19. The average molecular weight is 492 g/mol. The summed E-state index contributed by atoms with van der Waals surface area (Å²) in [7, 11) is 1.90. The zero-order chi connectivity index (χ0) is 23.9. The van der Waals surface area contributed by atoms with Gasteiger partial charge in [0, 0.05) is 24.9 Å². The first-order valence-corrected chi connectivity index (χ1v) is 12.6. The number of carbonyl (C=O) groups is 2. The summed E-state index contributed by atoms with van der Waals surface area (Å²) < 4.78 is 1.91. The Morgan fingerprint density at radius 3 is 2.59 bits per heavy atom. The van der Waals surface area contributed by atoms with Crippen LogP contribution in [0, 0.1) is 6.92 Å². The van der Waals surface area contributed by atoms with Crippen molar-refractivity contribution in [2.75, 3.05) is 11.1 Å². The lowest BCUT2D eigenvalue weighted by Gasteiger charge is -2.11. The number of amides is 2. The quantitative estimate of drug-likeness (QED) is 0.338. The second-order valence-electron chi connectivity index (χ2n) is 7.76. The van der Waals surface area contributed by atoms with Gasteiger partial charge in [0.15, 0.2) is 5.16 Å². The van der Waals surface area contributed by atoms with Crippen molar-refractivity contribution in [3.8, 4) is 0 Å². The van der Waals surface area contributed by atoms with E-state index < -0.39 is 0 Å². The van der Waals surface area contributed by atoms with Gasteiger partial charge < -0.3 is 15.2 Å². The van der Waals surface area contributed by atoms with E-state index in [1.165, 1.54) is 22.2 Å². The number of hydrogen-bond acceptors (Lipinski definition) is 6. The number of thiophene rings is 1. The van der Waals surface area contributed by atoms with Crippen molar-refractivity contribution in [3.05, 3.63) is 93.4 Å². The lowest BCUT2D eigenvalue weighted by Crippen LogP contribution is -2.25. The van der Waals surface area contributed by atoms with Gasteiger partial charge in [-0.1, -0.05) is 59.8 Å². The molecule has 0 saturated carbocycles. The van der Waals surface area contributed by atoms with Gasteiger partial charge in [0.2, 0.25) is 5.91 Å². The summed E-state index contributed by atoms with van der Waals surface area (Å²) in [6.07, 6.45) is 0.707. The van der Waals surface area contributed by atoms with E-state index >= 15 is 0 Å². The molecule has 2 N–H and O–H groups in total. The Labute approximate surface area is 206 Å². The molecule has 2 aromatic heterocycles. The van der Waals surface area contributed by atoms with E-state index in [4.69, 9.17) is 0 Å². The topological polar surface area (TPSA) is 88.9 Å². The van der Waals surface area contributed by atoms with E-state index in [1.54, 1.807) is 35.6 Å². The fraction of sp³-hybridized carbons (Fsp3) is 0.200. The van der Waals surface area contributed by atoms with Gasteiger partial charge in [-0.25, -0.2) is 0 Å². The number of aryl methyl sites for hydroxylation is 1. The third kappa shape index (κ3) is 6.12. The molecule has 0 bridgehead atoms. The smallest absolute Gasteiger partial charge is 0.253 e. The van der Waals surface area contributed by atoms with E-state index in [9.17, 15) is 9.59 Å². The molecule has 0 radical (unpaired) electrons. The Hall–Kier alpha value is -3.43. The molecule has 174 valence electrons. The number of benzene rings is 2. The molecule has 9 heteroatoms. The maximum absolute atomic E-state index is 12.8. The van der Waals surface area contributed by atoms with Crippen LogP contribution in [-0.4, -0.2) is 32.3 Å². The largest absolute Gasteiger partial charge is 0.348 e. The standard InChI is InChI=1S/C25H25N5O2S2/c1-17-9-11-18(12-10-17)15-26-24(32)20-7-3-4-8-21(20)27-23(31)16-34-25-29-28-22(30(25)2)14-19-6-5-13-33-19/h3-13H,14-16H2,1-2H3,(H,26,32)(H,27,31). The molecule has 2 heterocycles. The van der Waals surface area contributed by atoms with Crippen molar-refractivity contribution < 1.29 is 9.59 Å². The molecular formula is C25H25N5O2S2. The summed E-state index contributed by atoms with van der Waals surface area (Å²) >= 11 is 2.99. The minimum Gasteiger partial charge on any atom is -0.348 e. The van der Waals surface area contributed by atoms with Crippen LogP contribution in [0.25, 0.3) is 0 Å². The van der Waals surface area contributed by atoms with Crippen LogP contribution in [0.2, 0.25) is 0 Å². The highest BCUT2D eigenvalue weighted by atomic mass is 32.2. The number of anilines is 1. The first-order valence-electron chi connectivity index (χ1n) is 10.8. The Bertz CT molecular complexity index is 1270. The Balaban J connectivity index is 1.33. The molecule has 4 aromatic rings. The molecule has 0 fully saturated rings. The molecule has 4 rings (SSSR count). The minimum absolute atomic E-state index is 0.157. The zero-order valence-corrected chi connectivity index (χ0v) is 20.6. The van der Waals surface area contributed by atoms with Gasteiger partial charge in [0.25, 0.3) is 5.91 Å². The Morgan fingerprint density at radius 1 is 1.03 bits per heavy atom. The summed E-state index contributed by atoms with van der Waals surface area (Å²) in [6, 6.07) is 19.1. The highest BCUT2D eigenvalue weighted by molar-refractivity contribution is 7.99. The van der Waals surface area contributed by atoms with E-state index in [0.717, 1.165) is 11.4 Å². The number of carbonyl (C=O) groups excluding carboxylic acids is 2. The van der Waals surface area contributed by atoms with Gasteiger partial charge in [-0.05, 0) is 36.1 Å². The van der Waals surface area contributed by atoms with Crippen molar-refractivity contribution in [2.24, 2.45) is 7.05 Å². The van der Waals surface area contributed by atoms with E-state index in [-0.39, 0.29) is 17.6 Å². The number of nitrogens with one attached hydrogen (secondary N) is 2. The second-order valence-corrected chi connectivity index (χ2v) is 9.74. The molecule has 0 unspecified atom stereocenters. The van der Waals surface area contributed by atoms with Crippen LogP contribution < -0.4 is 10.6 Å². The fourth-order valence-electron chi connectivity index (χ4n) is 3.28. The summed E-state index contributed by atoms with van der Waals surface area (Å²) in [5.74, 6) is 0.549. The Morgan fingerprint density at radius 2 is 1.82 bits per heavy atom. The summed E-state index contributed by atoms with van der Waals surface area (Å²) in [4.78, 5) is 26.6. The number of nitrogens with zero attached hydrogens (tertiary/aromatic N) is 3. The molecule has 2 amide bonds. The van der Waals surface area contributed by atoms with Gasteiger partial charge >= 0.3 is 0 Å². The second kappa shape index (κ2) is 11.1. The summed E-state index contributed by atoms with van der Waals surface area (Å²) in [5.41, 5.74) is 3.08. The molecule has 0 aliphatic rings. The van der Waals surface area contributed by atoms with Crippen LogP contribution in [0.1, 0.15) is 32.2 Å².